The molecule has 0 spiro atoms. The fourth-order valence-corrected chi connectivity index (χ4v) is 3.23. The molecule has 0 bridgehead atoms. The van der Waals surface area contributed by atoms with Gasteiger partial charge in [0.15, 0.2) is 0 Å². The summed E-state index contributed by atoms with van der Waals surface area (Å²) < 4.78 is 5.28. The summed E-state index contributed by atoms with van der Waals surface area (Å²) in [7, 11) is 0. The van der Waals surface area contributed by atoms with Crippen LogP contribution in [0.1, 0.15) is 12.5 Å². The third-order valence-electron chi connectivity index (χ3n) is 4.56. The molecule has 0 unspecified atom stereocenters. The first-order chi connectivity index (χ1) is 12.7. The molecule has 0 saturated carbocycles. The Kier molecular flexibility index (Phi) is 6.63. The van der Waals surface area contributed by atoms with Crippen molar-refractivity contribution in [2.24, 2.45) is 0 Å². The maximum atomic E-state index is 12.0. The molecule has 1 N–H and O–H groups in total. The van der Waals surface area contributed by atoms with E-state index in [1.165, 1.54) is 5.56 Å². The molecule has 1 heterocycles. The molecule has 1 saturated heterocycles. The minimum absolute atomic E-state index is 0.0480. The topological polar surface area (TPSA) is 44.8 Å². The zero-order valence-electron chi connectivity index (χ0n) is 15.3. The number of hydrogen-bond acceptors (Lipinski definition) is 4. The SMILES string of the molecule is C[C@@H](CN1CCN(Cc2ccccc2)CC1)NC(=O)Oc1ccccc1. The molecule has 3 rings (SSSR count). The molecular formula is C21H27N3O2. The minimum Gasteiger partial charge on any atom is -0.410 e. The van der Waals surface area contributed by atoms with Crippen LogP contribution >= 0.6 is 0 Å². The first kappa shape index (κ1) is 18.4. The second-order valence-electron chi connectivity index (χ2n) is 6.81. The highest BCUT2D eigenvalue weighted by Crippen LogP contribution is 2.10. The lowest BCUT2D eigenvalue weighted by atomic mass is 10.2. The van der Waals surface area contributed by atoms with E-state index in [9.17, 15) is 4.79 Å². The van der Waals surface area contributed by atoms with E-state index in [1.807, 2.05) is 25.1 Å². The van der Waals surface area contributed by atoms with Gasteiger partial charge >= 0.3 is 6.09 Å². The quantitative estimate of drug-likeness (QED) is 0.867. The molecule has 5 nitrogen and oxygen atoms in total. The molecule has 1 aliphatic rings. The summed E-state index contributed by atoms with van der Waals surface area (Å²) in [5.41, 5.74) is 1.36. The van der Waals surface area contributed by atoms with Gasteiger partial charge in [-0.05, 0) is 24.6 Å². The van der Waals surface area contributed by atoms with E-state index in [2.05, 4.69) is 45.4 Å². The molecule has 26 heavy (non-hydrogen) atoms. The van der Waals surface area contributed by atoms with Gasteiger partial charge in [-0.15, -0.1) is 0 Å². The van der Waals surface area contributed by atoms with Crippen LogP contribution in [0.3, 0.4) is 0 Å². The van der Waals surface area contributed by atoms with Crippen LogP contribution in [0.4, 0.5) is 4.79 Å². The fraction of sp³-hybridized carbons (Fsp3) is 0.381. The van der Waals surface area contributed by atoms with E-state index in [0.717, 1.165) is 39.3 Å². The number of para-hydroxylation sites is 1. The maximum Gasteiger partial charge on any atom is 0.412 e. The molecule has 0 aliphatic carbocycles. The van der Waals surface area contributed by atoms with E-state index in [-0.39, 0.29) is 6.04 Å². The molecule has 2 aromatic rings. The van der Waals surface area contributed by atoms with Crippen molar-refractivity contribution < 1.29 is 9.53 Å². The standard InChI is InChI=1S/C21H27N3O2/c1-18(22-21(25)26-20-10-6-3-7-11-20)16-23-12-14-24(15-13-23)17-19-8-4-2-5-9-19/h2-11,18H,12-17H2,1H3,(H,22,25)/t18-/m0/s1. The predicted octanol–water partition coefficient (Wildman–Crippen LogP) is 2.98. The van der Waals surface area contributed by atoms with Crippen LogP contribution in [0.25, 0.3) is 0 Å². The second-order valence-corrected chi connectivity index (χ2v) is 6.81. The first-order valence-corrected chi connectivity index (χ1v) is 9.21. The number of amides is 1. The van der Waals surface area contributed by atoms with Gasteiger partial charge in [-0.1, -0.05) is 48.5 Å². The highest BCUT2D eigenvalue weighted by atomic mass is 16.6. The Morgan fingerprint density at radius 3 is 2.19 bits per heavy atom. The molecule has 1 amide bonds. The van der Waals surface area contributed by atoms with Crippen LogP contribution in [0.15, 0.2) is 60.7 Å². The van der Waals surface area contributed by atoms with Gasteiger partial charge < -0.3 is 10.1 Å². The Hall–Kier alpha value is -2.37. The van der Waals surface area contributed by atoms with Gasteiger partial charge in [-0.3, -0.25) is 9.80 Å². The number of carbonyl (C=O) groups is 1. The lowest BCUT2D eigenvalue weighted by Crippen LogP contribution is -2.50. The van der Waals surface area contributed by atoms with Crippen LogP contribution in [-0.2, 0) is 6.54 Å². The Morgan fingerprint density at radius 1 is 0.962 bits per heavy atom. The van der Waals surface area contributed by atoms with Gasteiger partial charge in [-0.25, -0.2) is 4.79 Å². The molecule has 2 aromatic carbocycles. The van der Waals surface area contributed by atoms with Crippen LogP contribution in [0.5, 0.6) is 5.75 Å². The predicted molar refractivity (Wildman–Crippen MR) is 103 cm³/mol. The average Bonchev–Trinajstić information content (AvgIpc) is 2.65. The van der Waals surface area contributed by atoms with Crippen LogP contribution in [0.2, 0.25) is 0 Å². The molecular weight excluding hydrogens is 326 g/mol. The summed E-state index contributed by atoms with van der Waals surface area (Å²) in [6.45, 7) is 8.00. The number of rotatable bonds is 6. The Balaban J connectivity index is 1.36. The van der Waals surface area contributed by atoms with Gasteiger partial charge in [0, 0.05) is 45.3 Å². The first-order valence-electron chi connectivity index (χ1n) is 9.21. The molecule has 1 fully saturated rings. The van der Waals surface area contributed by atoms with Crippen LogP contribution < -0.4 is 10.1 Å². The van der Waals surface area contributed by atoms with Crippen molar-refractivity contribution >= 4 is 6.09 Å². The smallest absolute Gasteiger partial charge is 0.410 e. The summed E-state index contributed by atoms with van der Waals surface area (Å²) in [6, 6.07) is 19.8. The number of ether oxygens (including phenoxy) is 1. The zero-order valence-corrected chi connectivity index (χ0v) is 15.3. The van der Waals surface area contributed by atoms with Crippen molar-refractivity contribution in [3.63, 3.8) is 0 Å². The Bertz CT molecular complexity index is 670. The second kappa shape index (κ2) is 9.36. The third kappa shape index (κ3) is 5.86. The largest absolute Gasteiger partial charge is 0.412 e. The van der Waals surface area contributed by atoms with Crippen LogP contribution in [-0.4, -0.2) is 54.7 Å². The van der Waals surface area contributed by atoms with Gasteiger partial charge in [0.2, 0.25) is 0 Å². The minimum atomic E-state index is -0.397. The van der Waals surface area contributed by atoms with Crippen molar-refractivity contribution in [2.75, 3.05) is 32.7 Å². The number of carbonyl (C=O) groups excluding carboxylic acids is 1. The summed E-state index contributed by atoms with van der Waals surface area (Å²) in [4.78, 5) is 16.8. The van der Waals surface area contributed by atoms with Gasteiger partial charge in [-0.2, -0.15) is 0 Å². The van der Waals surface area contributed by atoms with E-state index in [1.54, 1.807) is 12.1 Å². The number of benzene rings is 2. The number of nitrogens with one attached hydrogen (secondary N) is 1. The summed E-state index contributed by atoms with van der Waals surface area (Å²) >= 11 is 0. The van der Waals surface area contributed by atoms with Crippen molar-refractivity contribution in [2.45, 2.75) is 19.5 Å². The van der Waals surface area contributed by atoms with Gasteiger partial charge in [0.25, 0.3) is 0 Å². The Labute approximate surface area is 155 Å². The average molecular weight is 353 g/mol. The number of hydrogen-bond donors (Lipinski definition) is 1. The molecule has 0 aromatic heterocycles. The molecule has 138 valence electrons. The molecule has 5 heteroatoms. The molecule has 1 atom stereocenters. The van der Waals surface area contributed by atoms with E-state index < -0.39 is 6.09 Å². The van der Waals surface area contributed by atoms with Gasteiger partial charge in [0.1, 0.15) is 5.75 Å². The highest BCUT2D eigenvalue weighted by Gasteiger charge is 2.19. The summed E-state index contributed by atoms with van der Waals surface area (Å²) in [5.74, 6) is 0.562. The summed E-state index contributed by atoms with van der Waals surface area (Å²) in [5, 5.41) is 2.91. The normalized spacial score (nSPS) is 16.8. The van der Waals surface area contributed by atoms with Crippen molar-refractivity contribution in [1.82, 2.24) is 15.1 Å². The van der Waals surface area contributed by atoms with E-state index >= 15 is 0 Å². The van der Waals surface area contributed by atoms with Crippen molar-refractivity contribution in [1.29, 1.82) is 0 Å². The number of nitrogens with zero attached hydrogens (tertiary/aromatic N) is 2. The number of piperazine rings is 1. The van der Waals surface area contributed by atoms with Crippen LogP contribution in [0, 0.1) is 0 Å². The van der Waals surface area contributed by atoms with E-state index in [4.69, 9.17) is 4.74 Å². The fourth-order valence-electron chi connectivity index (χ4n) is 3.23. The molecule has 1 aliphatic heterocycles. The van der Waals surface area contributed by atoms with Crippen molar-refractivity contribution in [3.8, 4) is 5.75 Å². The van der Waals surface area contributed by atoms with E-state index in [0.29, 0.717) is 5.75 Å². The van der Waals surface area contributed by atoms with Gasteiger partial charge in [0.05, 0.1) is 0 Å². The lowest BCUT2D eigenvalue weighted by molar-refractivity contribution is 0.118. The summed E-state index contributed by atoms with van der Waals surface area (Å²) in [6.07, 6.45) is -0.397. The lowest BCUT2D eigenvalue weighted by Gasteiger charge is -2.36. The monoisotopic (exact) mass is 353 g/mol. The zero-order chi connectivity index (χ0) is 18.2. The molecule has 0 radical (unpaired) electrons. The third-order valence-corrected chi connectivity index (χ3v) is 4.56. The Morgan fingerprint density at radius 2 is 1.54 bits per heavy atom. The maximum absolute atomic E-state index is 12.0. The van der Waals surface area contributed by atoms with Crippen molar-refractivity contribution in [3.05, 3.63) is 66.2 Å². The highest BCUT2D eigenvalue weighted by molar-refractivity contribution is 5.70.